The summed E-state index contributed by atoms with van der Waals surface area (Å²) >= 11 is 0. The topological polar surface area (TPSA) is 81.7 Å². The third-order valence-electron chi connectivity index (χ3n) is 2.99. The Morgan fingerprint density at radius 1 is 1.16 bits per heavy atom. The number of nitrogens with zero attached hydrogens (tertiary/aromatic N) is 1. The molecule has 0 spiro atoms. The maximum Gasteiger partial charge on any atom is 0.326 e. The first kappa shape index (κ1) is 17.7. The van der Waals surface area contributed by atoms with E-state index in [1.807, 2.05) is 0 Å². The second-order valence-electron chi connectivity index (χ2n) is 5.12. The van der Waals surface area contributed by atoms with Gasteiger partial charge in [0.15, 0.2) is 0 Å². The fraction of sp³-hybridized carbons (Fsp3) is 0.846. The molecule has 6 nitrogen and oxygen atoms in total. The molecule has 0 saturated heterocycles. The van der Waals surface area contributed by atoms with Crippen LogP contribution in [-0.2, 0) is 4.79 Å². The van der Waals surface area contributed by atoms with Crippen LogP contribution < -0.4 is 10.6 Å². The molecule has 2 amide bonds. The Kier molecular flexibility index (Phi) is 8.14. The lowest BCUT2D eigenvalue weighted by Crippen LogP contribution is -2.48. The van der Waals surface area contributed by atoms with Crippen LogP contribution in [0, 0.1) is 0 Å². The maximum absolute atomic E-state index is 11.5. The maximum atomic E-state index is 11.5. The number of urea groups is 1. The molecule has 3 N–H and O–H groups in total. The van der Waals surface area contributed by atoms with E-state index in [1.54, 1.807) is 6.92 Å². The highest BCUT2D eigenvalue weighted by atomic mass is 16.4. The molecule has 0 radical (unpaired) electrons. The predicted molar refractivity (Wildman–Crippen MR) is 75.2 cm³/mol. The monoisotopic (exact) mass is 273 g/mol. The summed E-state index contributed by atoms with van der Waals surface area (Å²) in [6, 6.07) is -0.437. The highest BCUT2D eigenvalue weighted by Gasteiger charge is 2.17. The van der Waals surface area contributed by atoms with Crippen LogP contribution >= 0.6 is 0 Å². The molecule has 0 bridgehead atoms. The van der Waals surface area contributed by atoms with Gasteiger partial charge < -0.3 is 15.7 Å². The van der Waals surface area contributed by atoms with Crippen molar-refractivity contribution in [2.45, 2.75) is 59.2 Å². The molecule has 0 aliphatic heterocycles. The smallest absolute Gasteiger partial charge is 0.326 e. The van der Waals surface area contributed by atoms with Crippen LogP contribution in [0.25, 0.3) is 0 Å². The van der Waals surface area contributed by atoms with Gasteiger partial charge in [-0.3, -0.25) is 4.90 Å². The minimum absolute atomic E-state index is 0.368. The fourth-order valence-electron chi connectivity index (χ4n) is 1.96. The molecule has 0 unspecified atom stereocenters. The van der Waals surface area contributed by atoms with Gasteiger partial charge in [-0.15, -0.1) is 0 Å². The molecule has 6 heteroatoms. The van der Waals surface area contributed by atoms with Crippen molar-refractivity contribution in [2.75, 3.05) is 13.1 Å². The van der Waals surface area contributed by atoms with Crippen LogP contribution in [0.4, 0.5) is 4.79 Å². The Labute approximate surface area is 115 Å². The average Bonchev–Trinajstić information content (AvgIpc) is 2.30. The highest BCUT2D eigenvalue weighted by Crippen LogP contribution is 2.03. The van der Waals surface area contributed by atoms with Crippen molar-refractivity contribution in [3.63, 3.8) is 0 Å². The Balaban J connectivity index is 4.06. The Morgan fingerprint density at radius 2 is 1.68 bits per heavy atom. The summed E-state index contributed by atoms with van der Waals surface area (Å²) < 4.78 is 0. The molecule has 0 fully saturated rings. The molecule has 0 rings (SSSR count). The quantitative estimate of drug-likeness (QED) is 0.622. The van der Waals surface area contributed by atoms with E-state index in [1.165, 1.54) is 0 Å². The van der Waals surface area contributed by atoms with Crippen molar-refractivity contribution in [2.24, 2.45) is 0 Å². The van der Waals surface area contributed by atoms with E-state index in [0.717, 1.165) is 6.54 Å². The zero-order chi connectivity index (χ0) is 15.0. The lowest BCUT2D eigenvalue weighted by Gasteiger charge is -2.30. The third-order valence-corrected chi connectivity index (χ3v) is 2.99. The summed E-state index contributed by atoms with van der Waals surface area (Å²) in [7, 11) is 0. The molecular weight excluding hydrogens is 246 g/mol. The summed E-state index contributed by atoms with van der Waals surface area (Å²) in [5, 5.41) is 13.9. The second kappa shape index (κ2) is 8.74. The van der Waals surface area contributed by atoms with Gasteiger partial charge in [-0.25, -0.2) is 9.59 Å². The second-order valence-corrected chi connectivity index (χ2v) is 5.12. The number of hydrogen-bond donors (Lipinski definition) is 3. The number of carboxylic acid groups (broad SMARTS) is 1. The Morgan fingerprint density at radius 3 is 2.05 bits per heavy atom. The lowest BCUT2D eigenvalue weighted by molar-refractivity contribution is -0.139. The van der Waals surface area contributed by atoms with E-state index >= 15 is 0 Å². The minimum atomic E-state index is -1.01. The first-order chi connectivity index (χ1) is 8.79. The van der Waals surface area contributed by atoms with Gasteiger partial charge >= 0.3 is 12.0 Å². The number of carbonyl (C=O) groups excluding carboxylic acids is 1. The van der Waals surface area contributed by atoms with Gasteiger partial charge in [0.05, 0.1) is 0 Å². The van der Waals surface area contributed by atoms with E-state index in [2.05, 4.69) is 43.2 Å². The third kappa shape index (κ3) is 7.00. The number of nitrogens with one attached hydrogen (secondary N) is 2. The zero-order valence-corrected chi connectivity index (χ0v) is 12.6. The summed E-state index contributed by atoms with van der Waals surface area (Å²) in [6.07, 6.45) is 0.368. The number of hydrogen-bond acceptors (Lipinski definition) is 3. The van der Waals surface area contributed by atoms with Crippen LogP contribution in [-0.4, -0.2) is 53.2 Å². The largest absolute Gasteiger partial charge is 0.480 e. The number of rotatable bonds is 8. The van der Waals surface area contributed by atoms with Gasteiger partial charge in [-0.2, -0.15) is 0 Å². The summed E-state index contributed by atoms with van der Waals surface area (Å²) in [6.45, 7) is 11.4. The molecule has 0 aliphatic carbocycles. The van der Waals surface area contributed by atoms with Gasteiger partial charge in [-0.05, 0) is 34.1 Å². The molecule has 1 atom stereocenters. The van der Waals surface area contributed by atoms with Crippen molar-refractivity contribution in [3.05, 3.63) is 0 Å². The van der Waals surface area contributed by atoms with Crippen molar-refractivity contribution in [1.29, 1.82) is 0 Å². The van der Waals surface area contributed by atoms with Crippen molar-refractivity contribution in [1.82, 2.24) is 15.5 Å². The number of aliphatic carboxylic acids is 1. The highest BCUT2D eigenvalue weighted by molar-refractivity contribution is 5.82. The first-order valence-corrected chi connectivity index (χ1v) is 6.82. The van der Waals surface area contributed by atoms with Gasteiger partial charge in [0.2, 0.25) is 0 Å². The molecule has 112 valence electrons. The fourth-order valence-corrected chi connectivity index (χ4v) is 1.96. The molecule has 19 heavy (non-hydrogen) atoms. The zero-order valence-electron chi connectivity index (χ0n) is 12.6. The van der Waals surface area contributed by atoms with Crippen LogP contribution in [0.3, 0.4) is 0 Å². The van der Waals surface area contributed by atoms with Crippen molar-refractivity contribution >= 4 is 12.0 Å². The van der Waals surface area contributed by atoms with E-state index in [4.69, 9.17) is 5.11 Å². The molecule has 0 saturated carbocycles. The molecule has 0 aromatic carbocycles. The van der Waals surface area contributed by atoms with Gasteiger partial charge in [-0.1, -0.05) is 6.92 Å². The number of amides is 2. The van der Waals surface area contributed by atoms with Crippen molar-refractivity contribution in [3.8, 4) is 0 Å². The van der Waals surface area contributed by atoms with Crippen LogP contribution in [0.5, 0.6) is 0 Å². The van der Waals surface area contributed by atoms with Gasteiger partial charge in [0.25, 0.3) is 0 Å². The van der Waals surface area contributed by atoms with E-state index in [9.17, 15) is 9.59 Å². The summed E-state index contributed by atoms with van der Waals surface area (Å²) in [4.78, 5) is 24.6. The SMILES string of the molecule is CC[C@H](NC(=O)NCCN(C(C)C)C(C)C)C(=O)O. The molecular formula is C13H27N3O3. The molecule has 0 aromatic heterocycles. The normalized spacial score (nSPS) is 12.8. The van der Waals surface area contributed by atoms with Crippen molar-refractivity contribution < 1.29 is 14.7 Å². The standard InChI is InChI=1S/C13H27N3O3/c1-6-11(12(17)18)15-13(19)14-7-8-16(9(2)3)10(4)5/h9-11H,6-8H2,1-5H3,(H,17,18)(H2,14,15,19)/t11-/m0/s1. The van der Waals surface area contributed by atoms with Crippen LogP contribution in [0.15, 0.2) is 0 Å². The van der Waals surface area contributed by atoms with Gasteiger partial charge in [0.1, 0.15) is 6.04 Å². The van der Waals surface area contributed by atoms with Crippen LogP contribution in [0.1, 0.15) is 41.0 Å². The average molecular weight is 273 g/mol. The first-order valence-electron chi connectivity index (χ1n) is 6.82. The predicted octanol–water partition coefficient (Wildman–Crippen LogP) is 1.27. The minimum Gasteiger partial charge on any atom is -0.480 e. The summed E-state index contributed by atoms with van der Waals surface area (Å²) in [5.41, 5.74) is 0. The lowest BCUT2D eigenvalue weighted by atomic mass is 10.2. The number of carbonyl (C=O) groups is 2. The Hall–Kier alpha value is -1.30. The Bertz CT molecular complexity index is 285. The summed E-state index contributed by atoms with van der Waals surface area (Å²) in [5.74, 6) is -1.01. The van der Waals surface area contributed by atoms with E-state index in [0.29, 0.717) is 25.0 Å². The van der Waals surface area contributed by atoms with E-state index in [-0.39, 0.29) is 0 Å². The number of carboxylic acids is 1. The van der Waals surface area contributed by atoms with Gasteiger partial charge in [0, 0.05) is 25.2 Å². The molecule has 0 heterocycles. The molecule has 0 aromatic rings. The van der Waals surface area contributed by atoms with Crippen LogP contribution in [0.2, 0.25) is 0 Å². The van der Waals surface area contributed by atoms with E-state index < -0.39 is 18.0 Å². The molecule has 0 aliphatic rings.